The first-order chi connectivity index (χ1) is 16.3. The van der Waals surface area contributed by atoms with E-state index in [1.807, 2.05) is 16.7 Å². The van der Waals surface area contributed by atoms with E-state index >= 15 is 0 Å². The molecular formula is C25H32N4O4S. The molecule has 0 aliphatic carbocycles. The number of sulfonamides is 1. The average Bonchev–Trinajstić information content (AvgIpc) is 2.85. The van der Waals surface area contributed by atoms with Crippen LogP contribution in [0.15, 0.2) is 53.4 Å². The molecule has 2 amide bonds. The summed E-state index contributed by atoms with van der Waals surface area (Å²) < 4.78 is 27.3. The SMILES string of the molecule is Cc1ccc(S(=O)(=O)N2CCN(CC(=O)Nc3ccccc3C(=O)N3CCCCC3)CC2)cc1. The van der Waals surface area contributed by atoms with Gasteiger partial charge < -0.3 is 10.2 Å². The Kier molecular flexibility index (Phi) is 7.65. The normalized spacial score (nSPS) is 18.0. The van der Waals surface area contributed by atoms with Gasteiger partial charge in [0.2, 0.25) is 15.9 Å². The van der Waals surface area contributed by atoms with Crippen molar-refractivity contribution in [3.63, 3.8) is 0 Å². The molecular weight excluding hydrogens is 452 g/mol. The number of benzene rings is 2. The van der Waals surface area contributed by atoms with E-state index in [1.165, 1.54) is 4.31 Å². The molecule has 0 spiro atoms. The van der Waals surface area contributed by atoms with Gasteiger partial charge in [-0.25, -0.2) is 8.42 Å². The molecule has 182 valence electrons. The summed E-state index contributed by atoms with van der Waals surface area (Å²) >= 11 is 0. The van der Waals surface area contributed by atoms with Crippen LogP contribution in [0, 0.1) is 6.92 Å². The molecule has 34 heavy (non-hydrogen) atoms. The molecule has 0 saturated carbocycles. The summed E-state index contributed by atoms with van der Waals surface area (Å²) in [6.07, 6.45) is 3.15. The van der Waals surface area contributed by atoms with E-state index in [-0.39, 0.29) is 18.4 Å². The number of nitrogens with zero attached hydrogens (tertiary/aromatic N) is 3. The number of nitrogens with one attached hydrogen (secondary N) is 1. The third kappa shape index (κ3) is 5.65. The van der Waals surface area contributed by atoms with Crippen LogP contribution in [0.2, 0.25) is 0 Å². The summed E-state index contributed by atoms with van der Waals surface area (Å²) in [4.78, 5) is 29.8. The molecule has 2 aliphatic heterocycles. The molecule has 2 aromatic rings. The molecule has 1 N–H and O–H groups in total. The van der Waals surface area contributed by atoms with Crippen LogP contribution in [-0.2, 0) is 14.8 Å². The summed E-state index contributed by atoms with van der Waals surface area (Å²) in [5.41, 5.74) is 2.03. The Bertz CT molecular complexity index is 1120. The molecule has 0 unspecified atom stereocenters. The molecule has 0 atom stereocenters. The average molecular weight is 485 g/mol. The van der Waals surface area contributed by atoms with Gasteiger partial charge in [0, 0.05) is 39.3 Å². The Hall–Kier alpha value is -2.75. The van der Waals surface area contributed by atoms with E-state index in [0.717, 1.165) is 37.9 Å². The Morgan fingerprint density at radius 3 is 2.18 bits per heavy atom. The van der Waals surface area contributed by atoms with E-state index < -0.39 is 10.0 Å². The number of carbonyl (C=O) groups is 2. The van der Waals surface area contributed by atoms with Gasteiger partial charge in [-0.05, 0) is 50.5 Å². The van der Waals surface area contributed by atoms with E-state index in [1.54, 1.807) is 48.5 Å². The summed E-state index contributed by atoms with van der Waals surface area (Å²) in [6, 6.07) is 14.0. The van der Waals surface area contributed by atoms with Crippen molar-refractivity contribution < 1.29 is 18.0 Å². The molecule has 8 nitrogen and oxygen atoms in total. The van der Waals surface area contributed by atoms with Crippen LogP contribution in [0.1, 0.15) is 35.2 Å². The first-order valence-electron chi connectivity index (χ1n) is 11.8. The predicted octanol–water partition coefficient (Wildman–Crippen LogP) is 2.57. The van der Waals surface area contributed by atoms with Crippen molar-refractivity contribution in [3.8, 4) is 0 Å². The van der Waals surface area contributed by atoms with Gasteiger partial charge in [-0.15, -0.1) is 0 Å². The van der Waals surface area contributed by atoms with Gasteiger partial charge in [0.1, 0.15) is 0 Å². The number of para-hydroxylation sites is 1. The number of aryl methyl sites for hydroxylation is 1. The highest BCUT2D eigenvalue weighted by atomic mass is 32.2. The number of anilines is 1. The van der Waals surface area contributed by atoms with Gasteiger partial charge in [0.05, 0.1) is 22.7 Å². The van der Waals surface area contributed by atoms with Gasteiger partial charge in [0.25, 0.3) is 5.91 Å². The molecule has 2 saturated heterocycles. The second-order valence-electron chi connectivity index (χ2n) is 8.94. The fraction of sp³-hybridized carbons (Fsp3) is 0.440. The zero-order chi connectivity index (χ0) is 24.1. The van der Waals surface area contributed by atoms with Gasteiger partial charge >= 0.3 is 0 Å². The lowest BCUT2D eigenvalue weighted by atomic mass is 10.1. The van der Waals surface area contributed by atoms with Gasteiger partial charge in [0.15, 0.2) is 0 Å². The third-order valence-electron chi connectivity index (χ3n) is 6.43. The van der Waals surface area contributed by atoms with Crippen molar-refractivity contribution in [1.82, 2.24) is 14.1 Å². The molecule has 2 aliphatic rings. The van der Waals surface area contributed by atoms with Crippen molar-refractivity contribution in [2.75, 3.05) is 51.1 Å². The lowest BCUT2D eigenvalue weighted by molar-refractivity contribution is -0.117. The second kappa shape index (κ2) is 10.7. The first-order valence-corrected chi connectivity index (χ1v) is 13.3. The van der Waals surface area contributed by atoms with Crippen LogP contribution in [0.25, 0.3) is 0 Å². The quantitative estimate of drug-likeness (QED) is 0.681. The molecule has 4 rings (SSSR count). The number of rotatable bonds is 6. The summed E-state index contributed by atoms with van der Waals surface area (Å²) in [7, 11) is -3.54. The summed E-state index contributed by atoms with van der Waals surface area (Å²) in [5, 5.41) is 2.89. The van der Waals surface area contributed by atoms with E-state index in [2.05, 4.69) is 5.32 Å². The van der Waals surface area contributed by atoms with Crippen LogP contribution >= 0.6 is 0 Å². The number of likely N-dealkylation sites (tertiary alicyclic amines) is 1. The smallest absolute Gasteiger partial charge is 0.255 e. The molecule has 2 heterocycles. The lowest BCUT2D eigenvalue weighted by Gasteiger charge is -2.33. The zero-order valence-corrected chi connectivity index (χ0v) is 20.4. The number of hydrogen-bond acceptors (Lipinski definition) is 5. The standard InChI is InChI=1S/C25H32N4O4S/c1-20-9-11-21(12-10-20)34(32,33)29-17-15-27(16-18-29)19-24(30)26-23-8-4-3-7-22(23)25(31)28-13-5-2-6-14-28/h3-4,7-12H,2,5-6,13-19H2,1H3,(H,26,30). The summed E-state index contributed by atoms with van der Waals surface area (Å²) in [6.45, 7) is 5.14. The number of hydrogen-bond donors (Lipinski definition) is 1. The van der Waals surface area contributed by atoms with Crippen LogP contribution < -0.4 is 5.32 Å². The van der Waals surface area contributed by atoms with Crippen LogP contribution in [0.4, 0.5) is 5.69 Å². The van der Waals surface area contributed by atoms with E-state index in [0.29, 0.717) is 42.3 Å². The maximum atomic E-state index is 13.0. The van der Waals surface area contributed by atoms with Crippen molar-refractivity contribution in [2.24, 2.45) is 0 Å². The van der Waals surface area contributed by atoms with Crippen molar-refractivity contribution in [1.29, 1.82) is 0 Å². The lowest BCUT2D eigenvalue weighted by Crippen LogP contribution is -2.50. The Morgan fingerprint density at radius 1 is 0.853 bits per heavy atom. The van der Waals surface area contributed by atoms with Crippen LogP contribution in [-0.4, -0.2) is 80.2 Å². The Balaban J connectivity index is 1.33. The fourth-order valence-corrected chi connectivity index (χ4v) is 5.85. The second-order valence-corrected chi connectivity index (χ2v) is 10.9. The first kappa shape index (κ1) is 24.4. The van der Waals surface area contributed by atoms with Gasteiger partial charge in [-0.3, -0.25) is 14.5 Å². The monoisotopic (exact) mass is 484 g/mol. The minimum atomic E-state index is -3.54. The minimum absolute atomic E-state index is 0.0504. The number of piperidine rings is 1. The Morgan fingerprint density at radius 2 is 1.50 bits per heavy atom. The van der Waals surface area contributed by atoms with E-state index in [9.17, 15) is 18.0 Å². The molecule has 0 aromatic heterocycles. The van der Waals surface area contributed by atoms with Crippen LogP contribution in [0.5, 0.6) is 0 Å². The maximum absolute atomic E-state index is 13.0. The van der Waals surface area contributed by atoms with Crippen molar-refractivity contribution in [3.05, 3.63) is 59.7 Å². The Labute approximate surface area is 201 Å². The van der Waals surface area contributed by atoms with Gasteiger partial charge in [-0.2, -0.15) is 4.31 Å². The highest BCUT2D eigenvalue weighted by Crippen LogP contribution is 2.21. The molecule has 0 radical (unpaired) electrons. The maximum Gasteiger partial charge on any atom is 0.255 e. The number of amides is 2. The van der Waals surface area contributed by atoms with Crippen LogP contribution in [0.3, 0.4) is 0 Å². The molecule has 9 heteroatoms. The zero-order valence-electron chi connectivity index (χ0n) is 19.6. The van der Waals surface area contributed by atoms with Crippen molar-refractivity contribution >= 4 is 27.5 Å². The highest BCUT2D eigenvalue weighted by molar-refractivity contribution is 7.89. The largest absolute Gasteiger partial charge is 0.339 e. The number of piperazine rings is 1. The van der Waals surface area contributed by atoms with E-state index in [4.69, 9.17) is 0 Å². The fourth-order valence-electron chi connectivity index (χ4n) is 4.43. The molecule has 2 aromatic carbocycles. The predicted molar refractivity (Wildman–Crippen MR) is 131 cm³/mol. The molecule has 0 bridgehead atoms. The van der Waals surface area contributed by atoms with Crippen molar-refractivity contribution in [2.45, 2.75) is 31.1 Å². The topological polar surface area (TPSA) is 90.0 Å². The third-order valence-corrected chi connectivity index (χ3v) is 8.34. The molecule has 2 fully saturated rings. The minimum Gasteiger partial charge on any atom is -0.339 e. The van der Waals surface area contributed by atoms with Gasteiger partial charge in [-0.1, -0.05) is 29.8 Å². The number of carbonyl (C=O) groups excluding carboxylic acids is 2. The summed E-state index contributed by atoms with van der Waals surface area (Å²) in [5.74, 6) is -0.265. The highest BCUT2D eigenvalue weighted by Gasteiger charge is 2.29.